The normalized spacial score (nSPS) is 17.6. The molecule has 1 fully saturated rings. The first-order valence-electron chi connectivity index (χ1n) is 6.88. The zero-order valence-corrected chi connectivity index (χ0v) is 12.1. The van der Waals surface area contributed by atoms with Crippen molar-refractivity contribution in [3.63, 3.8) is 0 Å². The third-order valence-electron chi connectivity index (χ3n) is 3.60. The summed E-state index contributed by atoms with van der Waals surface area (Å²) in [6.45, 7) is 8.52. The first-order valence-corrected chi connectivity index (χ1v) is 6.88. The van der Waals surface area contributed by atoms with Gasteiger partial charge in [0.15, 0.2) is 0 Å². The summed E-state index contributed by atoms with van der Waals surface area (Å²) in [6, 6.07) is 0. The van der Waals surface area contributed by atoms with Crippen LogP contribution in [0.3, 0.4) is 0 Å². The molecule has 19 heavy (non-hydrogen) atoms. The van der Waals surface area contributed by atoms with E-state index in [2.05, 4.69) is 46.1 Å². The fourth-order valence-corrected chi connectivity index (χ4v) is 2.54. The molecule has 0 radical (unpaired) electrons. The number of hydrazine groups is 1. The average molecular weight is 264 g/mol. The molecule has 0 bridgehead atoms. The van der Waals surface area contributed by atoms with E-state index in [9.17, 15) is 0 Å². The van der Waals surface area contributed by atoms with Crippen LogP contribution in [-0.2, 0) is 0 Å². The Morgan fingerprint density at radius 2 is 2.00 bits per heavy atom. The highest BCUT2D eigenvalue weighted by molar-refractivity contribution is 5.60. The number of anilines is 2. The molecule has 1 aromatic heterocycles. The Hall–Kier alpha value is -1.40. The lowest BCUT2D eigenvalue weighted by Crippen LogP contribution is -2.31. The van der Waals surface area contributed by atoms with Gasteiger partial charge in [0.2, 0.25) is 0 Å². The lowest BCUT2D eigenvalue weighted by Gasteiger charge is -2.26. The smallest absolute Gasteiger partial charge is 0.148 e. The molecule has 6 nitrogen and oxygen atoms in total. The maximum Gasteiger partial charge on any atom is 0.148 e. The first kappa shape index (κ1) is 14.0. The second-order valence-corrected chi connectivity index (χ2v) is 5.40. The molecule has 0 aliphatic carbocycles. The number of rotatable bonds is 3. The SMILES string of the molecule is CC(C)c1c(NN)ncnc1N1CCCN(C)CC1. The van der Waals surface area contributed by atoms with Gasteiger partial charge in [0.05, 0.1) is 0 Å². The maximum absolute atomic E-state index is 5.57. The van der Waals surface area contributed by atoms with Crippen molar-refractivity contribution in [1.29, 1.82) is 0 Å². The summed E-state index contributed by atoms with van der Waals surface area (Å²) in [5, 5.41) is 0. The molecular formula is C13H24N6. The monoisotopic (exact) mass is 264 g/mol. The van der Waals surface area contributed by atoms with E-state index in [0.29, 0.717) is 5.92 Å². The van der Waals surface area contributed by atoms with Gasteiger partial charge in [-0.1, -0.05) is 13.8 Å². The van der Waals surface area contributed by atoms with E-state index in [4.69, 9.17) is 5.84 Å². The Balaban J connectivity index is 2.32. The number of hydrogen-bond acceptors (Lipinski definition) is 6. The van der Waals surface area contributed by atoms with Gasteiger partial charge in [-0.15, -0.1) is 0 Å². The van der Waals surface area contributed by atoms with Crippen LogP contribution in [0.1, 0.15) is 31.7 Å². The van der Waals surface area contributed by atoms with Crippen LogP contribution in [0.15, 0.2) is 6.33 Å². The molecule has 0 unspecified atom stereocenters. The van der Waals surface area contributed by atoms with Gasteiger partial charge in [0.25, 0.3) is 0 Å². The van der Waals surface area contributed by atoms with Crippen molar-refractivity contribution in [3.05, 3.63) is 11.9 Å². The topological polar surface area (TPSA) is 70.3 Å². The predicted molar refractivity (Wildman–Crippen MR) is 78.3 cm³/mol. The van der Waals surface area contributed by atoms with E-state index >= 15 is 0 Å². The van der Waals surface area contributed by atoms with Crippen molar-refractivity contribution in [2.24, 2.45) is 5.84 Å². The predicted octanol–water partition coefficient (Wildman–Crippen LogP) is 1.03. The second kappa shape index (κ2) is 6.16. The molecule has 1 aromatic rings. The molecule has 2 rings (SSSR count). The first-order chi connectivity index (χ1) is 9.13. The van der Waals surface area contributed by atoms with E-state index in [1.54, 1.807) is 6.33 Å². The quantitative estimate of drug-likeness (QED) is 0.627. The lowest BCUT2D eigenvalue weighted by molar-refractivity contribution is 0.360. The minimum absolute atomic E-state index is 0.336. The van der Waals surface area contributed by atoms with Crippen LogP contribution in [0.5, 0.6) is 0 Å². The van der Waals surface area contributed by atoms with E-state index in [1.165, 1.54) is 0 Å². The largest absolute Gasteiger partial charge is 0.355 e. The van der Waals surface area contributed by atoms with Crippen molar-refractivity contribution >= 4 is 11.6 Å². The molecule has 0 atom stereocenters. The number of nitrogens with one attached hydrogen (secondary N) is 1. The summed E-state index contributed by atoms with van der Waals surface area (Å²) in [5.41, 5.74) is 3.80. The molecule has 0 aromatic carbocycles. The fourth-order valence-electron chi connectivity index (χ4n) is 2.54. The van der Waals surface area contributed by atoms with Crippen LogP contribution in [0, 0.1) is 0 Å². The van der Waals surface area contributed by atoms with Gasteiger partial charge in [-0.25, -0.2) is 15.8 Å². The van der Waals surface area contributed by atoms with Gasteiger partial charge in [-0.05, 0) is 25.9 Å². The summed E-state index contributed by atoms with van der Waals surface area (Å²) >= 11 is 0. The molecule has 0 spiro atoms. The molecule has 6 heteroatoms. The average Bonchev–Trinajstić information content (AvgIpc) is 2.62. The molecule has 3 N–H and O–H groups in total. The molecule has 1 saturated heterocycles. The number of nitrogen functional groups attached to an aromatic ring is 1. The van der Waals surface area contributed by atoms with Crippen molar-refractivity contribution in [1.82, 2.24) is 14.9 Å². The Morgan fingerprint density at radius 1 is 1.21 bits per heavy atom. The lowest BCUT2D eigenvalue weighted by atomic mass is 10.0. The highest BCUT2D eigenvalue weighted by Gasteiger charge is 2.21. The van der Waals surface area contributed by atoms with Crippen molar-refractivity contribution < 1.29 is 0 Å². The number of nitrogens with zero attached hydrogens (tertiary/aromatic N) is 4. The highest BCUT2D eigenvalue weighted by atomic mass is 15.3. The van der Waals surface area contributed by atoms with E-state index in [1.807, 2.05) is 0 Å². The van der Waals surface area contributed by atoms with Crippen LogP contribution in [0.4, 0.5) is 11.6 Å². The zero-order valence-electron chi connectivity index (χ0n) is 12.1. The molecular weight excluding hydrogens is 240 g/mol. The highest BCUT2D eigenvalue weighted by Crippen LogP contribution is 2.30. The summed E-state index contributed by atoms with van der Waals surface area (Å²) in [6.07, 6.45) is 2.74. The summed E-state index contributed by atoms with van der Waals surface area (Å²) in [7, 11) is 2.17. The van der Waals surface area contributed by atoms with Crippen molar-refractivity contribution in [2.75, 3.05) is 43.6 Å². The van der Waals surface area contributed by atoms with Crippen LogP contribution in [-0.4, -0.2) is 48.1 Å². The van der Waals surface area contributed by atoms with Gasteiger partial charge in [-0.3, -0.25) is 0 Å². The maximum atomic E-state index is 5.57. The molecule has 1 aliphatic heterocycles. The van der Waals surface area contributed by atoms with Crippen molar-refractivity contribution in [2.45, 2.75) is 26.2 Å². The van der Waals surface area contributed by atoms with Crippen LogP contribution in [0.25, 0.3) is 0 Å². The number of nitrogens with two attached hydrogens (primary N) is 1. The zero-order chi connectivity index (χ0) is 13.8. The van der Waals surface area contributed by atoms with Crippen LogP contribution in [0.2, 0.25) is 0 Å². The minimum atomic E-state index is 0.336. The van der Waals surface area contributed by atoms with Gasteiger partial charge >= 0.3 is 0 Å². The van der Waals surface area contributed by atoms with E-state index in [0.717, 1.165) is 49.8 Å². The van der Waals surface area contributed by atoms with Crippen LogP contribution >= 0.6 is 0 Å². The summed E-state index contributed by atoms with van der Waals surface area (Å²) in [5.74, 6) is 7.66. The molecule has 0 amide bonds. The Kier molecular flexibility index (Phi) is 4.55. The Labute approximate surface area is 115 Å². The molecule has 2 heterocycles. The molecule has 0 saturated carbocycles. The van der Waals surface area contributed by atoms with E-state index < -0.39 is 0 Å². The standard InChI is InChI=1S/C13H24N6/c1-10(2)11-12(17-14)15-9-16-13(11)19-6-4-5-18(3)7-8-19/h9-10H,4-8,14H2,1-3H3,(H,15,16,17). The number of aromatic nitrogens is 2. The Bertz CT molecular complexity index is 420. The molecule has 1 aliphatic rings. The van der Waals surface area contributed by atoms with Gasteiger partial charge in [0.1, 0.15) is 18.0 Å². The summed E-state index contributed by atoms with van der Waals surface area (Å²) in [4.78, 5) is 13.4. The Morgan fingerprint density at radius 3 is 2.68 bits per heavy atom. The second-order valence-electron chi connectivity index (χ2n) is 5.40. The van der Waals surface area contributed by atoms with Gasteiger partial charge < -0.3 is 15.2 Å². The fraction of sp³-hybridized carbons (Fsp3) is 0.692. The summed E-state index contributed by atoms with van der Waals surface area (Å²) < 4.78 is 0. The van der Waals surface area contributed by atoms with Gasteiger partial charge in [-0.2, -0.15) is 0 Å². The van der Waals surface area contributed by atoms with Crippen molar-refractivity contribution in [3.8, 4) is 0 Å². The number of likely N-dealkylation sites (N-methyl/N-ethyl adjacent to an activating group) is 1. The number of hydrogen-bond donors (Lipinski definition) is 2. The molecule has 106 valence electrons. The third-order valence-corrected chi connectivity index (χ3v) is 3.60. The van der Waals surface area contributed by atoms with Gasteiger partial charge in [0, 0.05) is 25.2 Å². The third kappa shape index (κ3) is 3.13. The van der Waals surface area contributed by atoms with Crippen LogP contribution < -0.4 is 16.2 Å². The van der Waals surface area contributed by atoms with E-state index in [-0.39, 0.29) is 0 Å². The minimum Gasteiger partial charge on any atom is -0.355 e.